The predicted octanol–water partition coefficient (Wildman–Crippen LogP) is 16.9. The van der Waals surface area contributed by atoms with Crippen LogP contribution >= 0.6 is 35.3 Å². The van der Waals surface area contributed by atoms with Crippen LogP contribution in [0.3, 0.4) is 0 Å². The number of thioether (sulfide) groups is 2. The van der Waals surface area contributed by atoms with Gasteiger partial charge in [-0.25, -0.2) is 8.42 Å². The molecule has 422 valence electrons. The van der Waals surface area contributed by atoms with E-state index in [1.54, 1.807) is 106 Å². The van der Waals surface area contributed by atoms with E-state index in [4.69, 9.17) is 10.2 Å². The van der Waals surface area contributed by atoms with Crippen molar-refractivity contribution in [2.75, 3.05) is 44.9 Å². The smallest absolute Gasteiger partial charge is 0.206 e. The van der Waals surface area contributed by atoms with Gasteiger partial charge >= 0.3 is 0 Å². The largest absolute Gasteiger partial charge is 0.391 e. The number of nitrogens with zero attached hydrogens (tertiary/aromatic N) is 6. The van der Waals surface area contributed by atoms with Gasteiger partial charge in [0.25, 0.3) is 0 Å². The van der Waals surface area contributed by atoms with E-state index in [0.717, 1.165) is 55.0 Å². The van der Waals surface area contributed by atoms with Crippen molar-refractivity contribution in [2.24, 2.45) is 10.2 Å². The summed E-state index contributed by atoms with van der Waals surface area (Å²) in [5.74, 6) is 0.400. The van der Waals surface area contributed by atoms with Gasteiger partial charge in [0.1, 0.15) is 0 Å². The first kappa shape index (κ1) is 58.8. The van der Waals surface area contributed by atoms with Gasteiger partial charge in [-0.3, -0.25) is 10.0 Å². The average molecular weight is 1180 g/mol. The number of aliphatic hydroxyl groups is 2. The standard InChI is InChI=1S/C70H64N6O4S4/c1-3-63(77)50-73(71-48-53-24-28-61(29-25-53)75(57-16-8-4-9-17-57)58-18-10-5-11-19-58)55-32-44-69(45-33-55)84(79,80)70-46-34-56(35-47-70)74(51-64(78)52-82-66-38-42-68(43-39-66)83-67-40-36-65(81-2)37-41-67)72-49-54-26-30-62(31-27-54)76(59-20-12-6-13-21-59)60-22-14-7-15-23-60/h4-49,63-64,77-78H,3,50-52H2,1-2H3/b71-48+,72-49+. The number of hydrogen-bond acceptors (Lipinski definition) is 13. The second kappa shape index (κ2) is 28.8. The molecule has 10 aromatic rings. The summed E-state index contributed by atoms with van der Waals surface area (Å²) < 4.78 is 28.6. The molecule has 2 unspecified atom stereocenters. The van der Waals surface area contributed by atoms with Crippen LogP contribution in [-0.2, 0) is 9.84 Å². The van der Waals surface area contributed by atoms with E-state index in [-0.39, 0.29) is 22.9 Å². The van der Waals surface area contributed by atoms with Crippen LogP contribution in [0.5, 0.6) is 0 Å². The third kappa shape index (κ3) is 15.4. The summed E-state index contributed by atoms with van der Waals surface area (Å²) in [5, 5.41) is 35.6. The van der Waals surface area contributed by atoms with Crippen molar-refractivity contribution in [3.05, 3.63) is 278 Å². The zero-order valence-electron chi connectivity index (χ0n) is 46.6. The van der Waals surface area contributed by atoms with Gasteiger partial charge < -0.3 is 20.0 Å². The molecule has 0 saturated carbocycles. The summed E-state index contributed by atoms with van der Waals surface area (Å²) >= 11 is 5.00. The second-order valence-corrected chi connectivity index (χ2v) is 24.7. The van der Waals surface area contributed by atoms with Gasteiger partial charge in [0.15, 0.2) is 0 Å². The lowest BCUT2D eigenvalue weighted by molar-refractivity contribution is 0.176. The summed E-state index contributed by atoms with van der Waals surface area (Å²) in [7, 11) is -3.98. The number of anilines is 8. The minimum absolute atomic E-state index is 0.104. The predicted molar refractivity (Wildman–Crippen MR) is 352 cm³/mol. The fraction of sp³-hybridized carbons (Fsp3) is 0.114. The molecule has 0 aliphatic carbocycles. The molecule has 0 fully saturated rings. The van der Waals surface area contributed by atoms with Gasteiger partial charge in [0.2, 0.25) is 9.84 Å². The molecule has 2 atom stereocenters. The van der Waals surface area contributed by atoms with Crippen LogP contribution in [0.1, 0.15) is 24.5 Å². The van der Waals surface area contributed by atoms with Crippen LogP contribution in [-0.4, -0.2) is 68.4 Å². The summed E-state index contributed by atoms with van der Waals surface area (Å²) in [5.41, 5.74) is 9.01. The summed E-state index contributed by atoms with van der Waals surface area (Å²) in [6.45, 7) is 2.25. The lowest BCUT2D eigenvalue weighted by Crippen LogP contribution is -2.30. The molecule has 0 bridgehead atoms. The van der Waals surface area contributed by atoms with Crippen LogP contribution < -0.4 is 19.8 Å². The number of aliphatic hydroxyl groups excluding tert-OH is 2. The zero-order chi connectivity index (χ0) is 58.1. The van der Waals surface area contributed by atoms with Crippen molar-refractivity contribution in [2.45, 2.75) is 54.9 Å². The van der Waals surface area contributed by atoms with E-state index >= 15 is 0 Å². The number of hydrazone groups is 2. The average Bonchev–Trinajstić information content (AvgIpc) is 3.53. The third-order valence-corrected chi connectivity index (χ3v) is 18.4. The number of hydrogen-bond donors (Lipinski definition) is 2. The van der Waals surface area contributed by atoms with Gasteiger partial charge in [-0.15, -0.1) is 23.5 Å². The van der Waals surface area contributed by atoms with Gasteiger partial charge in [0.05, 0.1) is 58.9 Å². The van der Waals surface area contributed by atoms with Crippen LogP contribution in [0.2, 0.25) is 0 Å². The molecule has 0 aliphatic rings. The quantitative estimate of drug-likeness (QED) is 0.0324. The molecule has 10 nitrogen and oxygen atoms in total. The van der Waals surface area contributed by atoms with E-state index < -0.39 is 22.0 Å². The Morgan fingerprint density at radius 1 is 0.405 bits per heavy atom. The molecular formula is C70H64N6O4S4. The minimum atomic E-state index is -3.98. The van der Waals surface area contributed by atoms with Crippen molar-refractivity contribution in [3.8, 4) is 0 Å². The zero-order valence-corrected chi connectivity index (χ0v) is 49.8. The second-order valence-electron chi connectivity index (χ2n) is 19.6. The minimum Gasteiger partial charge on any atom is -0.391 e. The Bertz CT molecular complexity index is 3740. The highest BCUT2D eigenvalue weighted by Gasteiger charge is 2.21. The normalized spacial score (nSPS) is 12.3. The molecule has 0 spiro atoms. The summed E-state index contributed by atoms with van der Waals surface area (Å²) in [6.07, 6.45) is 4.61. The Balaban J connectivity index is 0.852. The van der Waals surface area contributed by atoms with E-state index in [1.165, 1.54) is 9.79 Å². The first-order chi connectivity index (χ1) is 41.1. The summed E-state index contributed by atoms with van der Waals surface area (Å²) in [4.78, 5) is 9.16. The fourth-order valence-electron chi connectivity index (χ4n) is 9.22. The van der Waals surface area contributed by atoms with Crippen molar-refractivity contribution < 1.29 is 18.6 Å². The molecule has 0 aliphatic heterocycles. The van der Waals surface area contributed by atoms with E-state index in [1.807, 2.05) is 116 Å². The van der Waals surface area contributed by atoms with Gasteiger partial charge in [-0.2, -0.15) is 10.2 Å². The molecule has 2 N–H and O–H groups in total. The summed E-state index contributed by atoms with van der Waals surface area (Å²) in [6, 6.07) is 87.1. The van der Waals surface area contributed by atoms with Crippen LogP contribution in [0.15, 0.2) is 306 Å². The maximum Gasteiger partial charge on any atom is 0.206 e. The number of rotatable bonds is 25. The maximum absolute atomic E-state index is 14.3. The van der Waals surface area contributed by atoms with Crippen LogP contribution in [0.25, 0.3) is 0 Å². The molecule has 0 heterocycles. The van der Waals surface area contributed by atoms with Gasteiger partial charge in [-0.05, 0) is 194 Å². The SMILES string of the molecule is CCC(O)CN(/N=C/c1ccc(N(c2ccccc2)c2ccccc2)cc1)c1ccc(S(=O)(=O)c2ccc(N(CC(O)CSc3ccc(Sc4ccc(SC)cc4)cc3)/N=C/c3ccc(N(c4ccccc4)c4ccccc4)cc3)cc2)cc1. The molecule has 14 heteroatoms. The van der Waals surface area contributed by atoms with Crippen LogP contribution in [0, 0.1) is 0 Å². The van der Waals surface area contributed by atoms with Gasteiger partial charge in [-0.1, -0.05) is 116 Å². The Hall–Kier alpha value is -8.34. The Morgan fingerprint density at radius 2 is 0.726 bits per heavy atom. The van der Waals surface area contributed by atoms with Gasteiger partial charge in [0, 0.05) is 59.5 Å². The molecule has 0 aromatic heterocycles. The molecule has 10 rings (SSSR count). The van der Waals surface area contributed by atoms with Crippen molar-refractivity contribution in [1.82, 2.24) is 0 Å². The highest BCUT2D eigenvalue weighted by Crippen LogP contribution is 2.37. The molecular weight excluding hydrogens is 1120 g/mol. The van der Waals surface area contributed by atoms with Crippen molar-refractivity contribution >= 4 is 103 Å². The van der Waals surface area contributed by atoms with E-state index in [2.05, 4.69) is 125 Å². The van der Waals surface area contributed by atoms with E-state index in [9.17, 15) is 18.6 Å². The molecule has 0 radical (unpaired) electrons. The lowest BCUT2D eigenvalue weighted by atomic mass is 10.1. The Morgan fingerprint density at radius 3 is 1.08 bits per heavy atom. The number of para-hydroxylation sites is 4. The molecule has 0 saturated heterocycles. The van der Waals surface area contributed by atoms with Crippen molar-refractivity contribution in [3.63, 3.8) is 0 Å². The highest BCUT2D eigenvalue weighted by molar-refractivity contribution is 8.00. The Labute approximate surface area is 506 Å². The monoisotopic (exact) mass is 1180 g/mol. The maximum atomic E-state index is 14.3. The Kier molecular flexibility index (Phi) is 20.2. The molecule has 84 heavy (non-hydrogen) atoms. The highest BCUT2D eigenvalue weighted by atomic mass is 32.2. The first-order valence-corrected chi connectivity index (χ1v) is 32.1. The fourth-order valence-corrected chi connectivity index (χ4v) is 12.5. The first-order valence-electron chi connectivity index (χ1n) is 27.6. The third-order valence-electron chi connectivity index (χ3n) is 13.7. The molecule has 10 aromatic carbocycles. The lowest BCUT2D eigenvalue weighted by Gasteiger charge is -2.25. The molecule has 0 amide bonds. The number of benzene rings is 10. The van der Waals surface area contributed by atoms with Crippen LogP contribution in [0.4, 0.5) is 45.5 Å². The van der Waals surface area contributed by atoms with E-state index in [0.29, 0.717) is 23.5 Å². The number of sulfone groups is 1. The van der Waals surface area contributed by atoms with Crippen molar-refractivity contribution in [1.29, 1.82) is 0 Å². The topological polar surface area (TPSA) is 112 Å².